The van der Waals surface area contributed by atoms with Crippen molar-refractivity contribution in [2.45, 2.75) is 44.5 Å². The van der Waals surface area contributed by atoms with Gasteiger partial charge in [-0.2, -0.15) is 13.2 Å². The summed E-state index contributed by atoms with van der Waals surface area (Å²) in [7, 11) is 1.31. The van der Waals surface area contributed by atoms with Crippen LogP contribution in [-0.2, 0) is 27.7 Å². The van der Waals surface area contributed by atoms with Gasteiger partial charge in [0, 0.05) is 19.0 Å². The third kappa shape index (κ3) is 2.77. The van der Waals surface area contributed by atoms with E-state index in [2.05, 4.69) is 0 Å². The number of nitrogens with zero attached hydrogens (tertiary/aromatic N) is 2. The Hall–Kier alpha value is -3.03. The first-order valence-corrected chi connectivity index (χ1v) is 9.48. The average molecular weight is 418 g/mol. The van der Waals surface area contributed by atoms with Gasteiger partial charge in [0.1, 0.15) is 5.60 Å². The maximum atomic E-state index is 13.7. The molecule has 1 atom stereocenters. The van der Waals surface area contributed by atoms with Crippen molar-refractivity contribution in [3.05, 3.63) is 59.2 Å². The molecular weight excluding hydrogens is 397 g/mol. The normalized spacial score (nSPS) is 20.6. The summed E-state index contributed by atoms with van der Waals surface area (Å²) in [6.45, 7) is 5.08. The van der Waals surface area contributed by atoms with E-state index in [1.165, 1.54) is 24.1 Å². The smallest absolute Gasteiger partial charge is 0.418 e. The van der Waals surface area contributed by atoms with Crippen LogP contribution in [0.3, 0.4) is 0 Å². The molecular formula is C22H21F3N2O3. The van der Waals surface area contributed by atoms with Gasteiger partial charge in [-0.05, 0) is 38.5 Å². The highest BCUT2D eigenvalue weighted by Crippen LogP contribution is 2.55. The van der Waals surface area contributed by atoms with Crippen LogP contribution in [-0.4, -0.2) is 24.6 Å². The second kappa shape index (κ2) is 6.23. The summed E-state index contributed by atoms with van der Waals surface area (Å²) < 4.78 is 46.7. The summed E-state index contributed by atoms with van der Waals surface area (Å²) >= 11 is 0. The molecule has 0 saturated heterocycles. The van der Waals surface area contributed by atoms with Gasteiger partial charge in [0.05, 0.1) is 16.9 Å². The number of para-hydroxylation sites is 2. The molecule has 0 saturated carbocycles. The van der Waals surface area contributed by atoms with Crippen molar-refractivity contribution < 1.29 is 27.5 Å². The molecule has 5 nitrogen and oxygen atoms in total. The zero-order chi connectivity index (χ0) is 22.1. The van der Waals surface area contributed by atoms with Crippen molar-refractivity contribution in [2.75, 3.05) is 16.8 Å². The monoisotopic (exact) mass is 418 g/mol. The molecule has 0 N–H and O–H groups in total. The van der Waals surface area contributed by atoms with Gasteiger partial charge < -0.3 is 9.64 Å². The minimum Gasteiger partial charge on any atom is -0.443 e. The molecule has 0 bridgehead atoms. The van der Waals surface area contributed by atoms with Gasteiger partial charge in [0.2, 0.25) is 0 Å². The second-order valence-electron chi connectivity index (χ2n) is 8.55. The molecule has 0 aromatic heterocycles. The number of hydrogen-bond acceptors (Lipinski definition) is 3. The van der Waals surface area contributed by atoms with E-state index in [-0.39, 0.29) is 17.7 Å². The van der Waals surface area contributed by atoms with Gasteiger partial charge in [0.25, 0.3) is 5.91 Å². The number of ether oxygens (including phenoxy) is 1. The summed E-state index contributed by atoms with van der Waals surface area (Å²) in [6.07, 6.45) is -5.35. The summed E-state index contributed by atoms with van der Waals surface area (Å²) in [6, 6.07) is 10.6. The molecule has 158 valence electrons. The molecule has 0 aliphatic carbocycles. The Kier molecular flexibility index (Phi) is 4.21. The maximum Gasteiger partial charge on any atom is 0.418 e. The SMILES string of the molecule is CN1C(=O)C2(Cc3ccccc3N2C(=O)OC(C)(C)C)c2cccc(C(F)(F)F)c21. The third-order valence-electron chi connectivity index (χ3n) is 5.42. The van der Waals surface area contributed by atoms with Gasteiger partial charge in [-0.15, -0.1) is 0 Å². The summed E-state index contributed by atoms with van der Waals surface area (Å²) in [5, 5.41) is 0. The van der Waals surface area contributed by atoms with E-state index >= 15 is 0 Å². The number of halogens is 3. The Balaban J connectivity index is 1.98. The fourth-order valence-electron chi connectivity index (χ4n) is 4.35. The molecule has 4 rings (SSSR count). The van der Waals surface area contributed by atoms with E-state index < -0.39 is 34.9 Å². The lowest BCUT2D eigenvalue weighted by molar-refractivity contribution is -0.137. The van der Waals surface area contributed by atoms with E-state index in [1.807, 2.05) is 0 Å². The van der Waals surface area contributed by atoms with E-state index in [9.17, 15) is 22.8 Å². The number of hydrogen-bond donors (Lipinski definition) is 0. The van der Waals surface area contributed by atoms with E-state index in [0.717, 1.165) is 11.0 Å². The minimum absolute atomic E-state index is 0.0693. The average Bonchev–Trinajstić information content (AvgIpc) is 3.09. The van der Waals surface area contributed by atoms with Crippen LogP contribution in [0.4, 0.5) is 29.3 Å². The summed E-state index contributed by atoms with van der Waals surface area (Å²) in [5.74, 6) is -0.601. The Morgan fingerprint density at radius 3 is 2.37 bits per heavy atom. The first-order chi connectivity index (χ1) is 13.9. The zero-order valence-corrected chi connectivity index (χ0v) is 17.0. The molecule has 2 aromatic carbocycles. The van der Waals surface area contributed by atoms with Crippen molar-refractivity contribution >= 4 is 23.4 Å². The molecule has 2 heterocycles. The number of alkyl halides is 3. The lowest BCUT2D eigenvalue weighted by Gasteiger charge is -2.35. The van der Waals surface area contributed by atoms with Crippen LogP contribution in [0.5, 0.6) is 0 Å². The molecule has 8 heteroatoms. The van der Waals surface area contributed by atoms with Crippen molar-refractivity contribution in [2.24, 2.45) is 0 Å². The number of benzene rings is 2. The summed E-state index contributed by atoms with van der Waals surface area (Å²) in [5.41, 5.74) is -2.32. The molecule has 0 fully saturated rings. The number of fused-ring (bicyclic) bond motifs is 3. The first-order valence-electron chi connectivity index (χ1n) is 9.48. The topological polar surface area (TPSA) is 49.9 Å². The van der Waals surface area contributed by atoms with Gasteiger partial charge in [-0.25, -0.2) is 4.79 Å². The van der Waals surface area contributed by atoms with Crippen LogP contribution in [0, 0.1) is 0 Å². The number of likely N-dealkylation sites (N-methyl/N-ethyl adjacent to an activating group) is 1. The Labute approximate surface area is 172 Å². The van der Waals surface area contributed by atoms with Gasteiger partial charge in [-0.1, -0.05) is 30.3 Å². The van der Waals surface area contributed by atoms with Gasteiger partial charge in [-0.3, -0.25) is 9.69 Å². The van der Waals surface area contributed by atoms with Gasteiger partial charge in [0.15, 0.2) is 5.54 Å². The van der Waals surface area contributed by atoms with E-state index in [1.54, 1.807) is 45.0 Å². The highest BCUT2D eigenvalue weighted by atomic mass is 19.4. The largest absolute Gasteiger partial charge is 0.443 e. The van der Waals surface area contributed by atoms with Crippen molar-refractivity contribution in [3.63, 3.8) is 0 Å². The number of carbonyl (C=O) groups excluding carboxylic acids is 2. The fourth-order valence-corrected chi connectivity index (χ4v) is 4.35. The highest BCUT2D eigenvalue weighted by Gasteiger charge is 2.61. The predicted molar refractivity (Wildman–Crippen MR) is 105 cm³/mol. The zero-order valence-electron chi connectivity index (χ0n) is 17.0. The number of carbonyl (C=O) groups is 2. The Morgan fingerprint density at radius 2 is 1.73 bits per heavy atom. The second-order valence-corrected chi connectivity index (χ2v) is 8.55. The Bertz CT molecular complexity index is 1060. The first kappa shape index (κ1) is 20.3. The number of amides is 2. The molecule has 2 amide bonds. The maximum absolute atomic E-state index is 13.7. The molecule has 30 heavy (non-hydrogen) atoms. The molecule has 1 spiro atoms. The van der Waals surface area contributed by atoms with Crippen molar-refractivity contribution in [1.82, 2.24) is 0 Å². The Morgan fingerprint density at radius 1 is 1.07 bits per heavy atom. The van der Waals surface area contributed by atoms with Crippen molar-refractivity contribution in [1.29, 1.82) is 0 Å². The van der Waals surface area contributed by atoms with Gasteiger partial charge >= 0.3 is 12.3 Å². The molecule has 1 unspecified atom stereocenters. The quantitative estimate of drug-likeness (QED) is 0.613. The van der Waals surface area contributed by atoms with Crippen LogP contribution in [0.1, 0.15) is 37.5 Å². The van der Waals surface area contributed by atoms with Crippen LogP contribution < -0.4 is 9.80 Å². The lowest BCUT2D eigenvalue weighted by atomic mass is 9.86. The van der Waals surface area contributed by atoms with Crippen LogP contribution in [0.15, 0.2) is 42.5 Å². The fraction of sp³-hybridized carbons (Fsp3) is 0.364. The highest BCUT2D eigenvalue weighted by molar-refractivity contribution is 6.15. The van der Waals surface area contributed by atoms with E-state index in [4.69, 9.17) is 4.74 Å². The lowest BCUT2D eigenvalue weighted by Crippen LogP contribution is -2.54. The standard InChI is InChI=1S/C22H21F3N2O3/c1-20(2,3)30-19(29)27-16-11-6-5-8-13(16)12-21(27)14-9-7-10-15(22(23,24)25)17(14)26(4)18(21)28/h5-11H,12H2,1-4H3. The van der Waals surface area contributed by atoms with E-state index in [0.29, 0.717) is 11.3 Å². The van der Waals surface area contributed by atoms with Crippen LogP contribution in [0.25, 0.3) is 0 Å². The number of rotatable bonds is 0. The number of anilines is 2. The molecule has 0 radical (unpaired) electrons. The minimum atomic E-state index is -4.65. The van der Waals surface area contributed by atoms with Crippen LogP contribution in [0.2, 0.25) is 0 Å². The summed E-state index contributed by atoms with van der Waals surface area (Å²) in [4.78, 5) is 29.0. The third-order valence-corrected chi connectivity index (χ3v) is 5.42. The molecule has 2 aliphatic heterocycles. The molecule has 2 aliphatic rings. The molecule has 2 aromatic rings. The van der Waals surface area contributed by atoms with Crippen molar-refractivity contribution in [3.8, 4) is 0 Å². The van der Waals surface area contributed by atoms with Crippen LogP contribution >= 0.6 is 0 Å². The predicted octanol–water partition coefficient (Wildman–Crippen LogP) is 4.87.